The number of hydrogen-bond acceptors (Lipinski definition) is 3. The summed E-state index contributed by atoms with van der Waals surface area (Å²) in [6.07, 6.45) is 2.61. The van der Waals surface area contributed by atoms with Gasteiger partial charge in [0.15, 0.2) is 5.65 Å². The van der Waals surface area contributed by atoms with E-state index in [1.807, 2.05) is 19.1 Å². The highest BCUT2D eigenvalue weighted by Gasteiger charge is 2.24. The average molecular weight is 312 g/mol. The molecular weight excluding hydrogens is 294 g/mol. The van der Waals surface area contributed by atoms with Crippen molar-refractivity contribution in [1.29, 1.82) is 0 Å². The molecule has 0 spiro atoms. The van der Waals surface area contributed by atoms with Gasteiger partial charge in [0.2, 0.25) is 0 Å². The normalized spacial score (nSPS) is 23.3. The highest BCUT2D eigenvalue weighted by Crippen LogP contribution is 2.28. The van der Waals surface area contributed by atoms with Crippen molar-refractivity contribution in [3.8, 4) is 0 Å². The summed E-state index contributed by atoms with van der Waals surface area (Å²) in [5, 5.41) is 0. The second-order valence-electron chi connectivity index (χ2n) is 5.21. The maximum atomic E-state index is 11.6. The van der Waals surface area contributed by atoms with Gasteiger partial charge in [0.05, 0.1) is 0 Å². The van der Waals surface area contributed by atoms with Crippen molar-refractivity contribution < 1.29 is 4.21 Å². The van der Waals surface area contributed by atoms with Crippen LogP contribution in [0.1, 0.15) is 30.4 Å². The summed E-state index contributed by atoms with van der Waals surface area (Å²) >= 11 is 5.91. The number of imidazole rings is 1. The van der Waals surface area contributed by atoms with Crippen LogP contribution in [0, 0.1) is 6.92 Å². The first-order valence-corrected chi connectivity index (χ1v) is 8.96. The molecule has 6 heteroatoms. The van der Waals surface area contributed by atoms with Crippen molar-refractivity contribution in [2.45, 2.75) is 32.2 Å². The summed E-state index contributed by atoms with van der Waals surface area (Å²) in [5.74, 6) is 3.11. The molecule has 1 saturated heterocycles. The maximum absolute atomic E-state index is 11.6. The van der Waals surface area contributed by atoms with E-state index < -0.39 is 10.8 Å². The van der Waals surface area contributed by atoms with E-state index in [9.17, 15) is 4.21 Å². The third kappa shape index (κ3) is 2.61. The summed E-state index contributed by atoms with van der Waals surface area (Å²) < 4.78 is 13.8. The Morgan fingerprint density at radius 1 is 1.35 bits per heavy atom. The van der Waals surface area contributed by atoms with E-state index in [1.165, 1.54) is 0 Å². The quantitative estimate of drug-likeness (QED) is 0.819. The molecule has 0 saturated carbocycles. The molecule has 2 aromatic heterocycles. The Balaban J connectivity index is 2.07. The fraction of sp³-hybridized carbons (Fsp3) is 0.571. The molecule has 4 nitrogen and oxygen atoms in total. The minimum absolute atomic E-state index is 0.352. The molecule has 0 aromatic carbocycles. The van der Waals surface area contributed by atoms with Crippen LogP contribution in [0.5, 0.6) is 0 Å². The molecule has 3 rings (SSSR count). The molecule has 0 radical (unpaired) electrons. The highest BCUT2D eigenvalue weighted by atomic mass is 35.5. The molecular formula is C14H18ClN3OS. The van der Waals surface area contributed by atoms with Crippen molar-refractivity contribution >= 4 is 33.6 Å². The summed E-state index contributed by atoms with van der Waals surface area (Å²) in [4.78, 5) is 9.33. The van der Waals surface area contributed by atoms with Crippen LogP contribution >= 0.6 is 11.6 Å². The number of nitrogens with zero attached hydrogens (tertiary/aromatic N) is 3. The summed E-state index contributed by atoms with van der Waals surface area (Å²) in [7, 11) is -0.651. The summed E-state index contributed by atoms with van der Waals surface area (Å²) in [6.45, 7) is 1.99. The van der Waals surface area contributed by atoms with Gasteiger partial charge < -0.3 is 4.57 Å². The second-order valence-corrected chi connectivity index (χ2v) is 7.29. The van der Waals surface area contributed by atoms with Crippen molar-refractivity contribution in [2.24, 2.45) is 0 Å². The Morgan fingerprint density at radius 3 is 2.80 bits per heavy atom. The first-order valence-electron chi connectivity index (χ1n) is 6.94. The lowest BCUT2D eigenvalue weighted by atomic mass is 10.1. The number of fused-ring (bicyclic) bond motifs is 1. The van der Waals surface area contributed by atoms with Gasteiger partial charge in [0.1, 0.15) is 11.3 Å². The van der Waals surface area contributed by atoms with E-state index >= 15 is 0 Å². The lowest BCUT2D eigenvalue weighted by Gasteiger charge is -2.24. The minimum Gasteiger partial charge on any atom is -0.309 e. The predicted molar refractivity (Wildman–Crippen MR) is 82.8 cm³/mol. The summed E-state index contributed by atoms with van der Waals surface area (Å²) in [5.41, 5.74) is 2.88. The second kappa shape index (κ2) is 5.82. The predicted octanol–water partition coefficient (Wildman–Crippen LogP) is 2.60. The van der Waals surface area contributed by atoms with E-state index in [2.05, 4.69) is 14.5 Å². The Labute approximate surface area is 126 Å². The summed E-state index contributed by atoms with van der Waals surface area (Å²) in [6, 6.07) is 4.36. The molecule has 0 unspecified atom stereocenters. The van der Waals surface area contributed by atoms with E-state index in [4.69, 9.17) is 11.6 Å². The van der Waals surface area contributed by atoms with Gasteiger partial charge in [0, 0.05) is 46.3 Å². The average Bonchev–Trinajstić information content (AvgIpc) is 2.78. The molecule has 20 heavy (non-hydrogen) atoms. The van der Waals surface area contributed by atoms with E-state index in [1.54, 1.807) is 0 Å². The van der Waals surface area contributed by atoms with Gasteiger partial charge in [-0.15, -0.1) is 11.6 Å². The molecule has 0 bridgehead atoms. The van der Waals surface area contributed by atoms with Crippen LogP contribution in [-0.4, -0.2) is 36.1 Å². The van der Waals surface area contributed by atoms with Gasteiger partial charge in [-0.3, -0.25) is 4.21 Å². The smallest absolute Gasteiger partial charge is 0.160 e. The van der Waals surface area contributed by atoms with Crippen molar-refractivity contribution in [3.63, 3.8) is 0 Å². The highest BCUT2D eigenvalue weighted by molar-refractivity contribution is 7.85. The Morgan fingerprint density at radius 2 is 2.10 bits per heavy atom. The number of alkyl halides is 1. The Kier molecular flexibility index (Phi) is 4.08. The largest absolute Gasteiger partial charge is 0.309 e. The van der Waals surface area contributed by atoms with Gasteiger partial charge >= 0.3 is 0 Å². The first-order chi connectivity index (χ1) is 9.69. The molecule has 1 fully saturated rings. The molecule has 0 atom stereocenters. The van der Waals surface area contributed by atoms with E-state index in [0.29, 0.717) is 11.9 Å². The van der Waals surface area contributed by atoms with Crippen LogP contribution in [0.3, 0.4) is 0 Å². The number of aryl methyl sites for hydroxylation is 2. The molecule has 0 aliphatic carbocycles. The number of pyridine rings is 1. The van der Waals surface area contributed by atoms with Crippen LogP contribution in [0.15, 0.2) is 12.1 Å². The Hall–Kier alpha value is -0.940. The van der Waals surface area contributed by atoms with Gasteiger partial charge in [-0.05, 0) is 31.9 Å². The fourth-order valence-electron chi connectivity index (χ4n) is 2.80. The van der Waals surface area contributed by atoms with Crippen LogP contribution in [0.4, 0.5) is 0 Å². The topological polar surface area (TPSA) is 47.8 Å². The van der Waals surface area contributed by atoms with Gasteiger partial charge in [-0.1, -0.05) is 0 Å². The van der Waals surface area contributed by atoms with Crippen molar-refractivity contribution in [3.05, 3.63) is 23.7 Å². The number of aromatic nitrogens is 3. The SMILES string of the molecule is Cc1ccc2nc(CCCl)n(C3CCS(=O)CC3)c2n1. The van der Waals surface area contributed by atoms with Crippen LogP contribution < -0.4 is 0 Å². The fourth-order valence-corrected chi connectivity index (χ4v) is 4.24. The van der Waals surface area contributed by atoms with Gasteiger partial charge in [-0.25, -0.2) is 9.97 Å². The van der Waals surface area contributed by atoms with Crippen molar-refractivity contribution in [1.82, 2.24) is 14.5 Å². The zero-order valence-corrected chi connectivity index (χ0v) is 13.1. The number of rotatable bonds is 3. The first kappa shape index (κ1) is 14.0. The van der Waals surface area contributed by atoms with Crippen molar-refractivity contribution in [2.75, 3.05) is 17.4 Å². The van der Waals surface area contributed by atoms with Crippen LogP contribution in [0.25, 0.3) is 11.2 Å². The third-order valence-corrected chi connectivity index (χ3v) is 5.36. The lowest BCUT2D eigenvalue weighted by Crippen LogP contribution is -2.23. The van der Waals surface area contributed by atoms with Crippen LogP contribution in [0.2, 0.25) is 0 Å². The van der Waals surface area contributed by atoms with Gasteiger partial charge in [0.25, 0.3) is 0 Å². The molecule has 108 valence electrons. The number of halogens is 1. The lowest BCUT2D eigenvalue weighted by molar-refractivity contribution is 0.457. The third-order valence-electron chi connectivity index (χ3n) is 3.79. The Bertz CT molecular complexity index is 645. The minimum atomic E-state index is -0.651. The zero-order valence-electron chi connectivity index (χ0n) is 11.5. The monoisotopic (exact) mass is 311 g/mol. The van der Waals surface area contributed by atoms with E-state index in [0.717, 1.165) is 53.5 Å². The molecule has 2 aromatic rings. The molecule has 1 aliphatic heterocycles. The van der Waals surface area contributed by atoms with Gasteiger partial charge in [-0.2, -0.15) is 0 Å². The molecule has 1 aliphatic rings. The maximum Gasteiger partial charge on any atom is 0.160 e. The molecule has 3 heterocycles. The number of hydrogen-bond donors (Lipinski definition) is 0. The zero-order chi connectivity index (χ0) is 14.1. The molecule has 0 N–H and O–H groups in total. The standard InChI is InChI=1S/C14H18ClN3OS/c1-10-2-3-12-14(16-10)18(13(17-12)4-7-15)11-5-8-20(19)9-6-11/h2-3,11H,4-9H2,1H3. The van der Waals surface area contributed by atoms with Crippen LogP contribution in [-0.2, 0) is 17.2 Å². The van der Waals surface area contributed by atoms with E-state index in [-0.39, 0.29) is 0 Å². The molecule has 0 amide bonds.